The van der Waals surface area contributed by atoms with Crippen LogP contribution in [0.5, 0.6) is 0 Å². The van der Waals surface area contributed by atoms with Crippen molar-refractivity contribution >= 4 is 29.2 Å². The van der Waals surface area contributed by atoms with E-state index in [9.17, 15) is 0 Å². The van der Waals surface area contributed by atoms with Gasteiger partial charge >= 0.3 is 0 Å². The molecule has 3 aromatic rings. The summed E-state index contributed by atoms with van der Waals surface area (Å²) in [6, 6.07) is 9.03. The molecule has 3 rings (SSSR count). The maximum absolute atomic E-state index is 5.99. The van der Waals surface area contributed by atoms with E-state index in [0.29, 0.717) is 28.3 Å². The molecule has 0 aliphatic carbocycles. The first-order valence-corrected chi connectivity index (χ1v) is 6.89. The van der Waals surface area contributed by atoms with Gasteiger partial charge in [-0.3, -0.25) is 0 Å². The zero-order valence-corrected chi connectivity index (χ0v) is 12.6. The van der Waals surface area contributed by atoms with Crippen LogP contribution in [0.15, 0.2) is 34.7 Å². The van der Waals surface area contributed by atoms with E-state index >= 15 is 0 Å². The molecule has 2 aromatic heterocycles. The van der Waals surface area contributed by atoms with Gasteiger partial charge in [0.25, 0.3) is 0 Å². The number of hydrogen-bond acceptors (Lipinski definition) is 5. The van der Waals surface area contributed by atoms with Crippen LogP contribution in [0.2, 0.25) is 10.0 Å². The van der Waals surface area contributed by atoms with E-state index in [1.54, 1.807) is 29.9 Å². The lowest BCUT2D eigenvalue weighted by molar-refractivity contribution is 0.530. The second-order valence-electron chi connectivity index (χ2n) is 4.40. The van der Waals surface area contributed by atoms with Crippen molar-refractivity contribution in [2.75, 3.05) is 5.32 Å². The maximum Gasteiger partial charge on any atom is 0.243 e. The van der Waals surface area contributed by atoms with Gasteiger partial charge in [0.15, 0.2) is 0 Å². The minimum absolute atomic E-state index is 0.475. The Hall–Kier alpha value is -2.05. The Balaban J connectivity index is 1.75. The number of aromatic nitrogens is 4. The molecule has 0 fully saturated rings. The highest BCUT2D eigenvalue weighted by molar-refractivity contribution is 6.35. The Morgan fingerprint density at radius 1 is 1.19 bits per heavy atom. The molecule has 1 aromatic carbocycles. The molecule has 0 aliphatic rings. The fourth-order valence-electron chi connectivity index (χ4n) is 1.87. The van der Waals surface area contributed by atoms with Gasteiger partial charge in [-0.15, -0.1) is 0 Å². The van der Waals surface area contributed by atoms with Gasteiger partial charge in [0, 0.05) is 22.7 Å². The highest BCUT2D eigenvalue weighted by Crippen LogP contribution is 2.28. The van der Waals surface area contributed by atoms with Crippen LogP contribution >= 0.6 is 23.2 Å². The van der Waals surface area contributed by atoms with Gasteiger partial charge in [0.05, 0.1) is 6.54 Å². The molecule has 0 amide bonds. The normalized spacial score (nSPS) is 10.8. The van der Waals surface area contributed by atoms with Crippen LogP contribution < -0.4 is 5.32 Å². The third kappa shape index (κ3) is 3.17. The Morgan fingerprint density at radius 2 is 1.95 bits per heavy atom. The Bertz CT molecular complexity index is 747. The SMILES string of the molecule is Cn1nnnc1NCc1ccc(-c2cc(Cl)cc(Cl)c2)o1. The average molecular weight is 324 g/mol. The van der Waals surface area contributed by atoms with Crippen LogP contribution in [0.25, 0.3) is 11.3 Å². The molecular formula is C13H11Cl2N5O. The Morgan fingerprint density at radius 3 is 2.62 bits per heavy atom. The van der Waals surface area contributed by atoms with Gasteiger partial charge in [0.2, 0.25) is 5.95 Å². The summed E-state index contributed by atoms with van der Waals surface area (Å²) < 4.78 is 7.30. The van der Waals surface area contributed by atoms with Gasteiger partial charge in [-0.25, -0.2) is 4.68 Å². The van der Waals surface area contributed by atoms with Crippen molar-refractivity contribution in [2.45, 2.75) is 6.54 Å². The largest absolute Gasteiger partial charge is 0.459 e. The summed E-state index contributed by atoms with van der Waals surface area (Å²) >= 11 is 12.0. The first-order valence-electron chi connectivity index (χ1n) is 6.13. The number of halogens is 2. The van der Waals surface area contributed by atoms with Crippen molar-refractivity contribution in [3.8, 4) is 11.3 Å². The van der Waals surface area contributed by atoms with Crippen molar-refractivity contribution in [3.63, 3.8) is 0 Å². The summed E-state index contributed by atoms with van der Waals surface area (Å²) in [5, 5.41) is 15.3. The van der Waals surface area contributed by atoms with Crippen molar-refractivity contribution in [2.24, 2.45) is 7.05 Å². The number of rotatable bonds is 4. The Kier molecular flexibility index (Phi) is 3.81. The maximum atomic E-state index is 5.99. The fourth-order valence-corrected chi connectivity index (χ4v) is 2.40. The smallest absolute Gasteiger partial charge is 0.243 e. The van der Waals surface area contributed by atoms with Crippen LogP contribution in [-0.2, 0) is 13.6 Å². The number of aryl methyl sites for hydroxylation is 1. The van der Waals surface area contributed by atoms with E-state index < -0.39 is 0 Å². The minimum Gasteiger partial charge on any atom is -0.459 e. The second-order valence-corrected chi connectivity index (χ2v) is 5.28. The van der Waals surface area contributed by atoms with Gasteiger partial charge < -0.3 is 9.73 Å². The van der Waals surface area contributed by atoms with Crippen molar-refractivity contribution in [1.82, 2.24) is 20.2 Å². The molecule has 2 heterocycles. The highest BCUT2D eigenvalue weighted by Gasteiger charge is 2.08. The number of nitrogens with zero attached hydrogens (tertiary/aromatic N) is 4. The van der Waals surface area contributed by atoms with Crippen LogP contribution in [0.4, 0.5) is 5.95 Å². The highest BCUT2D eigenvalue weighted by atomic mass is 35.5. The fraction of sp³-hybridized carbons (Fsp3) is 0.154. The van der Waals surface area contributed by atoms with Crippen molar-refractivity contribution < 1.29 is 4.42 Å². The molecule has 0 spiro atoms. The first kappa shape index (κ1) is 13.9. The summed E-state index contributed by atoms with van der Waals surface area (Å²) in [6.45, 7) is 0.475. The molecule has 108 valence electrons. The quantitative estimate of drug-likeness (QED) is 0.797. The van der Waals surface area contributed by atoms with E-state index in [-0.39, 0.29) is 0 Å². The predicted molar refractivity (Wildman–Crippen MR) is 80.3 cm³/mol. The molecule has 21 heavy (non-hydrogen) atoms. The average Bonchev–Trinajstić information content (AvgIpc) is 3.04. The molecule has 0 saturated carbocycles. The summed E-state index contributed by atoms with van der Waals surface area (Å²) in [4.78, 5) is 0. The molecule has 0 radical (unpaired) electrons. The molecule has 0 saturated heterocycles. The summed E-state index contributed by atoms with van der Waals surface area (Å²) in [6.07, 6.45) is 0. The lowest BCUT2D eigenvalue weighted by Gasteiger charge is -2.02. The van der Waals surface area contributed by atoms with E-state index in [2.05, 4.69) is 20.8 Å². The molecular weight excluding hydrogens is 313 g/mol. The molecule has 6 nitrogen and oxygen atoms in total. The number of anilines is 1. The van der Waals surface area contributed by atoms with Gasteiger partial charge in [-0.05, 0) is 40.8 Å². The van der Waals surface area contributed by atoms with Crippen LogP contribution in [0.3, 0.4) is 0 Å². The summed E-state index contributed by atoms with van der Waals surface area (Å²) in [5.41, 5.74) is 0.832. The molecule has 8 heteroatoms. The Labute approximate surface area is 130 Å². The van der Waals surface area contributed by atoms with Crippen molar-refractivity contribution in [1.29, 1.82) is 0 Å². The van der Waals surface area contributed by atoms with Crippen molar-refractivity contribution in [3.05, 3.63) is 46.1 Å². The molecule has 0 unspecified atom stereocenters. The zero-order chi connectivity index (χ0) is 14.8. The number of hydrogen-bond donors (Lipinski definition) is 1. The van der Waals surface area contributed by atoms with E-state index in [0.717, 1.165) is 11.3 Å². The van der Waals surface area contributed by atoms with E-state index in [1.807, 2.05) is 12.1 Å². The first-order chi connectivity index (χ1) is 10.1. The molecule has 0 bridgehead atoms. The van der Waals surface area contributed by atoms with Crippen LogP contribution in [0.1, 0.15) is 5.76 Å². The lowest BCUT2D eigenvalue weighted by atomic mass is 10.2. The zero-order valence-electron chi connectivity index (χ0n) is 11.0. The van der Waals surface area contributed by atoms with Gasteiger partial charge in [-0.2, -0.15) is 0 Å². The van der Waals surface area contributed by atoms with E-state index in [1.165, 1.54) is 0 Å². The summed E-state index contributed by atoms with van der Waals surface area (Å²) in [7, 11) is 1.75. The van der Waals surface area contributed by atoms with Gasteiger partial charge in [-0.1, -0.05) is 28.3 Å². The standard InChI is InChI=1S/C13H11Cl2N5O/c1-20-13(17-18-19-20)16-7-11-2-3-12(21-11)8-4-9(14)6-10(15)5-8/h2-6H,7H2,1H3,(H,16,17,19). The predicted octanol–water partition coefficient (Wildman–Crippen LogP) is 3.39. The third-order valence-corrected chi connectivity index (χ3v) is 3.29. The number of benzene rings is 1. The molecule has 1 N–H and O–H groups in total. The number of nitrogens with one attached hydrogen (secondary N) is 1. The number of tetrazole rings is 1. The minimum atomic E-state index is 0.475. The molecule has 0 aliphatic heterocycles. The monoisotopic (exact) mass is 323 g/mol. The number of furan rings is 1. The molecule has 0 atom stereocenters. The van der Waals surface area contributed by atoms with Crippen LogP contribution in [-0.4, -0.2) is 20.2 Å². The second kappa shape index (κ2) is 5.75. The summed E-state index contributed by atoms with van der Waals surface area (Å²) in [5.74, 6) is 2.02. The third-order valence-electron chi connectivity index (χ3n) is 2.85. The topological polar surface area (TPSA) is 68.8 Å². The van der Waals surface area contributed by atoms with Gasteiger partial charge in [0.1, 0.15) is 11.5 Å². The van der Waals surface area contributed by atoms with Crippen LogP contribution in [0, 0.1) is 0 Å². The van der Waals surface area contributed by atoms with E-state index in [4.69, 9.17) is 27.6 Å². The lowest BCUT2D eigenvalue weighted by Crippen LogP contribution is -2.04.